The monoisotopic (exact) mass is 254 g/mol. The first-order valence-corrected chi connectivity index (χ1v) is 7.12. The van der Waals surface area contributed by atoms with Gasteiger partial charge in [0.05, 0.1) is 6.54 Å². The minimum atomic E-state index is -0.968. The summed E-state index contributed by atoms with van der Waals surface area (Å²) in [5.41, 5.74) is 11.3. The molecule has 1 unspecified atom stereocenters. The van der Waals surface area contributed by atoms with Crippen molar-refractivity contribution in [3.63, 3.8) is 0 Å². The molecule has 0 aromatic carbocycles. The Morgan fingerprint density at radius 1 is 1.22 bits per heavy atom. The van der Waals surface area contributed by atoms with Crippen molar-refractivity contribution in [3.05, 3.63) is 0 Å². The van der Waals surface area contributed by atoms with Gasteiger partial charge in [0.15, 0.2) is 0 Å². The van der Waals surface area contributed by atoms with Crippen molar-refractivity contribution in [2.45, 2.75) is 51.5 Å². The minimum Gasteiger partial charge on any atom is -0.480 e. The Morgan fingerprint density at radius 3 is 1.78 bits per heavy atom. The molecule has 0 aliphatic heterocycles. The molecule has 0 heterocycles. The Balaban J connectivity index is 0.000000209. The molecule has 0 radical (unpaired) electrons. The number of carbonyl (C=O) groups is 1. The van der Waals surface area contributed by atoms with Crippen molar-refractivity contribution in [3.8, 4) is 0 Å². The highest BCUT2D eigenvalue weighted by molar-refractivity contribution is 5.68. The fourth-order valence-electron chi connectivity index (χ4n) is 4.74. The highest BCUT2D eigenvalue weighted by atomic mass is 16.4. The molecule has 0 aromatic heterocycles. The van der Waals surface area contributed by atoms with Crippen LogP contribution in [0.3, 0.4) is 0 Å². The molecule has 4 saturated carbocycles. The lowest BCUT2D eigenvalue weighted by Gasteiger charge is -2.58. The molecule has 4 nitrogen and oxygen atoms in total. The van der Waals surface area contributed by atoms with Crippen molar-refractivity contribution >= 4 is 5.97 Å². The number of nitrogens with two attached hydrogens (primary N) is 2. The zero-order valence-corrected chi connectivity index (χ0v) is 11.3. The molecule has 4 rings (SSSR count). The summed E-state index contributed by atoms with van der Waals surface area (Å²) in [5.74, 6) is 2.19. The predicted octanol–water partition coefficient (Wildman–Crippen LogP) is 1.58. The average molecular weight is 254 g/mol. The molecule has 4 heteroatoms. The molecule has 0 aromatic rings. The van der Waals surface area contributed by atoms with Crippen LogP contribution in [0.1, 0.15) is 45.4 Å². The average Bonchev–Trinajstić information content (AvgIpc) is 2.27. The van der Waals surface area contributed by atoms with Gasteiger partial charge in [0.25, 0.3) is 0 Å². The fourth-order valence-corrected chi connectivity index (χ4v) is 4.74. The van der Waals surface area contributed by atoms with Gasteiger partial charge in [0.2, 0.25) is 0 Å². The summed E-state index contributed by atoms with van der Waals surface area (Å²) in [6, 6.07) is 0.445. The standard InChI is InChI=1S/C12H21N.C2H5NO2/c1-8(13)12-5-9-2-10(6-12)4-11(3-9)7-12;3-1-2(4)5/h8-11H,2-7,13H2,1H3;1,3H2,(H,4,5). The molecule has 0 spiro atoms. The van der Waals surface area contributed by atoms with Crippen LogP contribution in [0.5, 0.6) is 0 Å². The Bertz CT molecular complexity index is 280. The van der Waals surface area contributed by atoms with Crippen molar-refractivity contribution in [1.29, 1.82) is 0 Å². The fraction of sp³-hybridized carbons (Fsp3) is 0.929. The lowest BCUT2D eigenvalue weighted by Crippen LogP contribution is -2.53. The van der Waals surface area contributed by atoms with Gasteiger partial charge in [-0.25, -0.2) is 0 Å². The molecule has 4 aliphatic carbocycles. The van der Waals surface area contributed by atoms with Gasteiger partial charge < -0.3 is 16.6 Å². The maximum Gasteiger partial charge on any atom is 0.317 e. The summed E-state index contributed by atoms with van der Waals surface area (Å²) >= 11 is 0. The molecular weight excluding hydrogens is 228 g/mol. The summed E-state index contributed by atoms with van der Waals surface area (Å²) in [6.45, 7) is 1.97. The van der Waals surface area contributed by atoms with Crippen molar-refractivity contribution < 1.29 is 9.90 Å². The molecule has 4 bridgehead atoms. The van der Waals surface area contributed by atoms with Crippen LogP contribution in [0.25, 0.3) is 0 Å². The van der Waals surface area contributed by atoms with E-state index in [-0.39, 0.29) is 6.54 Å². The molecule has 4 fully saturated rings. The van der Waals surface area contributed by atoms with Crippen molar-refractivity contribution in [1.82, 2.24) is 0 Å². The van der Waals surface area contributed by atoms with Crippen LogP contribution in [0.15, 0.2) is 0 Å². The number of hydrogen-bond acceptors (Lipinski definition) is 3. The second-order valence-electron chi connectivity index (χ2n) is 6.67. The number of carboxylic acids is 1. The Hall–Kier alpha value is -0.610. The van der Waals surface area contributed by atoms with Gasteiger partial charge in [-0.15, -0.1) is 0 Å². The lowest BCUT2D eigenvalue weighted by molar-refractivity contribution is -0.135. The molecular formula is C14H26N2O2. The van der Waals surface area contributed by atoms with Gasteiger partial charge in [-0.2, -0.15) is 0 Å². The molecule has 4 aliphatic rings. The minimum absolute atomic E-state index is 0.278. The first kappa shape index (κ1) is 13.8. The van der Waals surface area contributed by atoms with Crippen LogP contribution in [-0.4, -0.2) is 23.7 Å². The maximum atomic E-state index is 9.24. The van der Waals surface area contributed by atoms with Gasteiger partial charge in [-0.05, 0) is 68.6 Å². The zero-order chi connectivity index (χ0) is 13.3. The van der Waals surface area contributed by atoms with Gasteiger partial charge in [0, 0.05) is 6.04 Å². The lowest BCUT2D eigenvalue weighted by atomic mass is 9.48. The zero-order valence-electron chi connectivity index (χ0n) is 11.3. The van der Waals surface area contributed by atoms with E-state index >= 15 is 0 Å². The van der Waals surface area contributed by atoms with Gasteiger partial charge in [-0.3, -0.25) is 4.79 Å². The predicted molar refractivity (Wildman–Crippen MR) is 70.9 cm³/mol. The van der Waals surface area contributed by atoms with Crippen LogP contribution in [0, 0.1) is 23.2 Å². The number of aliphatic carboxylic acids is 1. The Kier molecular flexibility index (Phi) is 3.97. The van der Waals surface area contributed by atoms with E-state index in [0.717, 1.165) is 17.8 Å². The van der Waals surface area contributed by atoms with E-state index in [0.29, 0.717) is 11.5 Å². The summed E-state index contributed by atoms with van der Waals surface area (Å²) < 4.78 is 0. The largest absolute Gasteiger partial charge is 0.480 e. The third kappa shape index (κ3) is 2.69. The van der Waals surface area contributed by atoms with Crippen molar-refractivity contribution in [2.75, 3.05) is 6.54 Å². The van der Waals surface area contributed by atoms with Crippen LogP contribution in [0.2, 0.25) is 0 Å². The first-order valence-electron chi connectivity index (χ1n) is 7.12. The smallest absolute Gasteiger partial charge is 0.317 e. The molecule has 1 atom stereocenters. The molecule has 18 heavy (non-hydrogen) atoms. The molecule has 104 valence electrons. The number of carboxylic acid groups (broad SMARTS) is 1. The summed E-state index contributed by atoms with van der Waals surface area (Å²) in [4.78, 5) is 9.24. The van der Waals surface area contributed by atoms with E-state index < -0.39 is 5.97 Å². The molecule has 5 N–H and O–H groups in total. The van der Waals surface area contributed by atoms with E-state index in [1.807, 2.05) is 0 Å². The molecule has 0 amide bonds. The first-order chi connectivity index (χ1) is 8.45. The summed E-state index contributed by atoms with van der Waals surface area (Å²) in [6.07, 6.45) is 8.97. The normalized spacial score (nSPS) is 42.1. The highest BCUT2D eigenvalue weighted by Gasteiger charge is 2.52. The second kappa shape index (κ2) is 5.17. The Morgan fingerprint density at radius 2 is 1.56 bits per heavy atom. The van der Waals surface area contributed by atoms with E-state index in [2.05, 4.69) is 12.7 Å². The van der Waals surface area contributed by atoms with Crippen LogP contribution >= 0.6 is 0 Å². The summed E-state index contributed by atoms with van der Waals surface area (Å²) in [5, 5.41) is 7.60. The number of rotatable bonds is 2. The van der Waals surface area contributed by atoms with Gasteiger partial charge >= 0.3 is 5.97 Å². The maximum absolute atomic E-state index is 9.24. The van der Waals surface area contributed by atoms with Crippen molar-refractivity contribution in [2.24, 2.45) is 34.6 Å². The Labute approximate surface area is 109 Å². The van der Waals surface area contributed by atoms with Crippen LogP contribution in [-0.2, 0) is 4.79 Å². The van der Waals surface area contributed by atoms with E-state index in [1.54, 1.807) is 0 Å². The van der Waals surface area contributed by atoms with Crippen LogP contribution in [0.4, 0.5) is 0 Å². The molecule has 0 saturated heterocycles. The quantitative estimate of drug-likeness (QED) is 0.698. The van der Waals surface area contributed by atoms with E-state index in [4.69, 9.17) is 10.8 Å². The highest BCUT2D eigenvalue weighted by Crippen LogP contribution is 2.60. The van der Waals surface area contributed by atoms with E-state index in [1.165, 1.54) is 38.5 Å². The third-order valence-corrected chi connectivity index (χ3v) is 5.23. The van der Waals surface area contributed by atoms with Crippen LogP contribution < -0.4 is 11.5 Å². The van der Waals surface area contributed by atoms with Gasteiger partial charge in [0.1, 0.15) is 0 Å². The van der Waals surface area contributed by atoms with E-state index in [9.17, 15) is 4.79 Å². The SMILES string of the molecule is CC(N)C12CC3CC(CC(C3)C1)C2.NCC(=O)O. The summed E-state index contributed by atoms with van der Waals surface area (Å²) in [7, 11) is 0. The topological polar surface area (TPSA) is 89.3 Å². The number of hydrogen-bond donors (Lipinski definition) is 3. The third-order valence-electron chi connectivity index (χ3n) is 5.23. The second-order valence-corrected chi connectivity index (χ2v) is 6.67. The van der Waals surface area contributed by atoms with Gasteiger partial charge in [-0.1, -0.05) is 0 Å².